The molecule has 0 radical (unpaired) electrons. The predicted octanol–water partition coefficient (Wildman–Crippen LogP) is 4.22. The molecule has 4 nitrogen and oxygen atoms in total. The van der Waals surface area contributed by atoms with Gasteiger partial charge in [-0.25, -0.2) is 0 Å². The monoisotopic (exact) mass is 324 g/mol. The largest absolute Gasteiger partial charge is 0.501 e. The third kappa shape index (κ3) is 7.37. The van der Waals surface area contributed by atoms with E-state index in [2.05, 4.69) is 13.8 Å². The summed E-state index contributed by atoms with van der Waals surface area (Å²) < 4.78 is 30.4. The molecule has 0 aromatic rings. The Labute approximate surface area is 126 Å². The molecule has 20 heavy (non-hydrogen) atoms. The van der Waals surface area contributed by atoms with Crippen LogP contribution in [0.5, 0.6) is 0 Å². The Balaban J connectivity index is 4.81. The average molecular weight is 324 g/mol. The molecule has 0 bridgehead atoms. The average Bonchev–Trinajstić information content (AvgIpc) is 2.38. The van der Waals surface area contributed by atoms with Crippen LogP contribution in [-0.2, 0) is 17.8 Å². The van der Waals surface area contributed by atoms with E-state index in [-0.39, 0.29) is 0 Å². The molecule has 0 unspecified atom stereocenters. The van der Waals surface area contributed by atoms with E-state index in [9.17, 15) is 4.57 Å². The van der Waals surface area contributed by atoms with Crippen molar-refractivity contribution in [3.05, 3.63) is 0 Å². The second-order valence-corrected chi connectivity index (χ2v) is 11.2. The van der Waals surface area contributed by atoms with E-state index in [1.165, 1.54) is 0 Å². The highest BCUT2D eigenvalue weighted by atomic mass is 31.2. The lowest BCUT2D eigenvalue weighted by atomic mass is 10.6. The molecule has 0 fully saturated rings. The van der Waals surface area contributed by atoms with Gasteiger partial charge in [-0.05, 0) is 33.6 Å². The van der Waals surface area contributed by atoms with Crippen LogP contribution in [0.15, 0.2) is 0 Å². The van der Waals surface area contributed by atoms with Crippen LogP contribution in [0.4, 0.5) is 0 Å². The smallest absolute Gasteiger partial charge is 0.374 e. The molecule has 0 aromatic heterocycles. The van der Waals surface area contributed by atoms with E-state index >= 15 is 0 Å². The van der Waals surface area contributed by atoms with Gasteiger partial charge in [-0.1, -0.05) is 13.8 Å². The SMILES string of the molecule is CCCP(=O)(CCC)CC[Si](OCC)(OCC)OCC. The van der Waals surface area contributed by atoms with Crippen LogP contribution in [0, 0.1) is 0 Å². The summed E-state index contributed by atoms with van der Waals surface area (Å²) in [4.78, 5) is 0. The van der Waals surface area contributed by atoms with Crippen molar-refractivity contribution in [2.45, 2.75) is 53.5 Å². The molecule has 6 heteroatoms. The Kier molecular flexibility index (Phi) is 11.1. The maximum atomic E-state index is 12.9. The number of hydrogen-bond acceptors (Lipinski definition) is 4. The minimum Gasteiger partial charge on any atom is -0.374 e. The fourth-order valence-electron chi connectivity index (χ4n) is 2.49. The molecular weight excluding hydrogens is 291 g/mol. The molecule has 0 saturated heterocycles. The van der Waals surface area contributed by atoms with Crippen molar-refractivity contribution >= 4 is 15.9 Å². The van der Waals surface area contributed by atoms with Gasteiger partial charge in [-0.2, -0.15) is 0 Å². The molecule has 0 atom stereocenters. The van der Waals surface area contributed by atoms with Crippen LogP contribution in [-0.4, -0.2) is 47.1 Å². The fraction of sp³-hybridized carbons (Fsp3) is 1.00. The van der Waals surface area contributed by atoms with Gasteiger partial charge in [-0.3, -0.25) is 0 Å². The van der Waals surface area contributed by atoms with Crippen LogP contribution >= 0.6 is 7.14 Å². The summed E-state index contributed by atoms with van der Waals surface area (Å²) in [5.41, 5.74) is 0. The highest BCUT2D eigenvalue weighted by Gasteiger charge is 2.42. The summed E-state index contributed by atoms with van der Waals surface area (Å²) in [7, 11) is -4.73. The van der Waals surface area contributed by atoms with Crippen molar-refractivity contribution in [1.82, 2.24) is 0 Å². The first-order chi connectivity index (χ1) is 9.51. The Morgan fingerprint density at radius 2 is 1.15 bits per heavy atom. The van der Waals surface area contributed by atoms with Gasteiger partial charge >= 0.3 is 8.80 Å². The van der Waals surface area contributed by atoms with Gasteiger partial charge in [0, 0.05) is 44.4 Å². The summed E-state index contributed by atoms with van der Waals surface area (Å²) in [5, 5.41) is 0. The number of rotatable bonds is 13. The topological polar surface area (TPSA) is 44.8 Å². The van der Waals surface area contributed by atoms with Crippen molar-refractivity contribution in [1.29, 1.82) is 0 Å². The van der Waals surface area contributed by atoms with E-state index in [1.54, 1.807) is 0 Å². The zero-order chi connectivity index (χ0) is 15.5. The Morgan fingerprint density at radius 1 is 0.750 bits per heavy atom. The van der Waals surface area contributed by atoms with Gasteiger partial charge in [0.05, 0.1) is 7.14 Å². The standard InChI is InChI=1S/C14H33O4PSi/c1-6-11-19(15,12-7-2)13-14-20(16-8-3,17-9-4)18-10-5/h6-14H2,1-5H3. The minimum absolute atomic E-state index is 0.581. The zero-order valence-electron chi connectivity index (χ0n) is 13.9. The van der Waals surface area contributed by atoms with Crippen molar-refractivity contribution in [2.75, 3.05) is 38.3 Å². The summed E-state index contributed by atoms with van der Waals surface area (Å²) >= 11 is 0. The molecule has 0 amide bonds. The molecule has 0 rings (SSSR count). The Morgan fingerprint density at radius 3 is 1.45 bits per heavy atom. The van der Waals surface area contributed by atoms with E-state index in [0.717, 1.165) is 25.2 Å². The molecular formula is C14H33O4PSi. The highest BCUT2D eigenvalue weighted by molar-refractivity contribution is 7.64. The molecule has 0 saturated carbocycles. The lowest BCUT2D eigenvalue weighted by Crippen LogP contribution is -2.46. The maximum Gasteiger partial charge on any atom is 0.501 e. The first-order valence-electron chi connectivity index (χ1n) is 8.00. The van der Waals surface area contributed by atoms with E-state index in [1.807, 2.05) is 20.8 Å². The van der Waals surface area contributed by atoms with E-state index in [4.69, 9.17) is 13.3 Å². The van der Waals surface area contributed by atoms with Crippen molar-refractivity contribution in [3.63, 3.8) is 0 Å². The molecule has 0 aromatic carbocycles. The summed E-state index contributed by atoms with van der Waals surface area (Å²) in [6, 6.07) is 0.680. The highest BCUT2D eigenvalue weighted by Crippen LogP contribution is 2.48. The van der Waals surface area contributed by atoms with Crippen LogP contribution in [0.25, 0.3) is 0 Å². The molecule has 0 spiro atoms. The van der Waals surface area contributed by atoms with Gasteiger partial charge in [0.25, 0.3) is 0 Å². The van der Waals surface area contributed by atoms with Crippen molar-refractivity contribution in [2.24, 2.45) is 0 Å². The Bertz CT molecular complexity index is 259. The lowest BCUT2D eigenvalue weighted by Gasteiger charge is -2.30. The molecule has 122 valence electrons. The minimum atomic E-state index is -2.64. The van der Waals surface area contributed by atoms with Crippen LogP contribution in [0.3, 0.4) is 0 Å². The molecule has 0 aliphatic rings. The third-order valence-corrected chi connectivity index (χ3v) is 10.2. The normalized spacial score (nSPS) is 12.8. The van der Waals surface area contributed by atoms with Gasteiger partial charge in [-0.15, -0.1) is 0 Å². The van der Waals surface area contributed by atoms with Gasteiger partial charge in [0.2, 0.25) is 0 Å². The summed E-state index contributed by atoms with van der Waals surface area (Å²) in [5.74, 6) is 0. The molecule has 0 aliphatic heterocycles. The van der Waals surface area contributed by atoms with Crippen molar-refractivity contribution in [3.8, 4) is 0 Å². The zero-order valence-corrected chi connectivity index (χ0v) is 15.8. The maximum absolute atomic E-state index is 12.9. The van der Waals surface area contributed by atoms with Crippen LogP contribution < -0.4 is 0 Å². The van der Waals surface area contributed by atoms with Crippen LogP contribution in [0.2, 0.25) is 6.04 Å². The summed E-state index contributed by atoms with van der Waals surface area (Å²) in [6.07, 6.45) is 4.31. The van der Waals surface area contributed by atoms with Crippen molar-refractivity contribution < 1.29 is 17.8 Å². The van der Waals surface area contributed by atoms with E-state index in [0.29, 0.717) is 32.0 Å². The lowest BCUT2D eigenvalue weighted by molar-refractivity contribution is 0.0727. The van der Waals surface area contributed by atoms with Crippen LogP contribution in [0.1, 0.15) is 47.5 Å². The van der Waals surface area contributed by atoms with Gasteiger partial charge in [0.1, 0.15) is 0 Å². The molecule has 0 N–H and O–H groups in total. The second-order valence-electron chi connectivity index (χ2n) is 4.96. The third-order valence-electron chi connectivity index (χ3n) is 3.18. The van der Waals surface area contributed by atoms with E-state index < -0.39 is 15.9 Å². The molecule has 0 aliphatic carbocycles. The summed E-state index contributed by atoms with van der Waals surface area (Å²) in [6.45, 7) is 11.8. The second kappa shape index (κ2) is 11.0. The Hall–Kier alpha value is 0.327. The first-order valence-corrected chi connectivity index (χ1v) is 12.2. The fourth-order valence-corrected chi connectivity index (χ4v) is 9.52. The van der Waals surface area contributed by atoms with Gasteiger partial charge < -0.3 is 17.8 Å². The predicted molar refractivity (Wildman–Crippen MR) is 88.2 cm³/mol. The van der Waals surface area contributed by atoms with Gasteiger partial charge in [0.15, 0.2) is 0 Å². The number of hydrogen-bond donors (Lipinski definition) is 0. The first kappa shape index (κ1) is 20.3. The quantitative estimate of drug-likeness (QED) is 0.376. The molecule has 0 heterocycles.